The van der Waals surface area contributed by atoms with E-state index in [2.05, 4.69) is 26.5 Å². The zero-order chi connectivity index (χ0) is 22.5. The summed E-state index contributed by atoms with van der Waals surface area (Å²) in [6, 6.07) is 21.8. The number of hydrazine groups is 1. The highest BCUT2D eigenvalue weighted by molar-refractivity contribution is 7.80. The largest absolute Gasteiger partial charge is 0.331 e. The van der Waals surface area contributed by atoms with Crippen molar-refractivity contribution in [2.45, 2.75) is 0 Å². The molecule has 1 aromatic heterocycles. The maximum absolute atomic E-state index is 12.8. The first-order chi connectivity index (χ1) is 15.5. The highest BCUT2D eigenvalue weighted by Crippen LogP contribution is 2.29. The lowest BCUT2D eigenvalue weighted by Crippen LogP contribution is -2.33. The van der Waals surface area contributed by atoms with Crippen molar-refractivity contribution in [2.75, 3.05) is 16.1 Å². The number of carbonyl (C=O) groups is 1. The van der Waals surface area contributed by atoms with Crippen molar-refractivity contribution in [1.82, 2.24) is 10.4 Å². The van der Waals surface area contributed by atoms with Gasteiger partial charge in [-0.25, -0.2) is 0 Å². The molecule has 0 saturated heterocycles. The highest BCUT2D eigenvalue weighted by atomic mass is 35.5. The lowest BCUT2D eigenvalue weighted by Gasteiger charge is -2.15. The first kappa shape index (κ1) is 21.8. The van der Waals surface area contributed by atoms with Crippen LogP contribution < -0.4 is 21.5 Å². The van der Waals surface area contributed by atoms with Crippen LogP contribution in [0.25, 0.3) is 10.9 Å². The van der Waals surface area contributed by atoms with E-state index in [1.165, 1.54) is 0 Å². The van der Waals surface area contributed by atoms with E-state index in [4.69, 9.17) is 35.4 Å². The van der Waals surface area contributed by atoms with Crippen molar-refractivity contribution >= 4 is 74.4 Å². The summed E-state index contributed by atoms with van der Waals surface area (Å²) in [6.45, 7) is 0. The molecule has 0 aliphatic heterocycles. The summed E-state index contributed by atoms with van der Waals surface area (Å²) in [5, 5.41) is 7.67. The molecule has 1 heterocycles. The molecule has 0 aliphatic carbocycles. The lowest BCUT2D eigenvalue weighted by atomic mass is 10.1. The molecule has 4 N–H and O–H groups in total. The summed E-state index contributed by atoms with van der Waals surface area (Å²) in [6.07, 6.45) is 1.64. The molecule has 9 heteroatoms. The van der Waals surface area contributed by atoms with Crippen LogP contribution in [0.4, 0.5) is 17.1 Å². The zero-order valence-electron chi connectivity index (χ0n) is 16.5. The number of nitrogens with one attached hydrogen (secondary N) is 4. The van der Waals surface area contributed by atoms with Gasteiger partial charge in [-0.15, -0.1) is 0 Å². The monoisotopic (exact) mass is 481 g/mol. The molecule has 6 nitrogen and oxygen atoms in total. The first-order valence-corrected chi connectivity index (χ1v) is 10.7. The lowest BCUT2D eigenvalue weighted by molar-refractivity contribution is 0.102. The number of carbonyl (C=O) groups excluding carboxylic acids is 1. The standard InChI is InChI=1S/C23H17Cl2N5OS/c24-16-9-5-10-17(25)20(16)22(31)28-19-11-4-8-15-18(12-13-26-21(15)19)29-30-23(32)27-14-6-2-1-3-7-14/h1-13H,(H,26,29)(H,28,31)(H2,27,30,32). The summed E-state index contributed by atoms with van der Waals surface area (Å²) in [5.41, 5.74) is 8.99. The number of thiocarbonyl (C=S) groups is 1. The van der Waals surface area contributed by atoms with Crippen LogP contribution >= 0.6 is 35.4 Å². The maximum Gasteiger partial charge on any atom is 0.258 e. The van der Waals surface area contributed by atoms with Crippen LogP contribution in [0.3, 0.4) is 0 Å². The van der Waals surface area contributed by atoms with E-state index >= 15 is 0 Å². The van der Waals surface area contributed by atoms with Crippen LogP contribution in [-0.2, 0) is 0 Å². The smallest absolute Gasteiger partial charge is 0.258 e. The quantitative estimate of drug-likeness (QED) is 0.203. The predicted octanol–water partition coefficient (Wildman–Crippen LogP) is 6.11. The van der Waals surface area contributed by atoms with Crippen molar-refractivity contribution in [3.05, 3.63) is 94.6 Å². The SMILES string of the molecule is O=C(Nc1cccc2c(NNC(=S)Nc3ccccc3)ccnc12)c1c(Cl)cccc1Cl. The van der Waals surface area contributed by atoms with E-state index in [1.54, 1.807) is 36.5 Å². The number of amides is 1. The molecule has 0 bridgehead atoms. The van der Waals surface area contributed by atoms with Gasteiger partial charge in [0, 0.05) is 17.3 Å². The number of benzene rings is 3. The fourth-order valence-electron chi connectivity index (χ4n) is 3.09. The molecule has 0 saturated carbocycles. The summed E-state index contributed by atoms with van der Waals surface area (Å²) in [5.74, 6) is -0.417. The normalized spacial score (nSPS) is 10.4. The number of hydrogen-bond acceptors (Lipinski definition) is 4. The van der Waals surface area contributed by atoms with E-state index < -0.39 is 5.91 Å². The number of hydrogen-bond donors (Lipinski definition) is 4. The minimum Gasteiger partial charge on any atom is -0.331 e. The molecule has 160 valence electrons. The molecule has 1 amide bonds. The van der Waals surface area contributed by atoms with E-state index in [0.717, 1.165) is 16.8 Å². The number of aromatic nitrogens is 1. The van der Waals surface area contributed by atoms with Crippen molar-refractivity contribution in [3.63, 3.8) is 0 Å². The average Bonchev–Trinajstić information content (AvgIpc) is 2.78. The fourth-order valence-corrected chi connectivity index (χ4v) is 3.83. The van der Waals surface area contributed by atoms with Crippen LogP contribution in [0, 0.1) is 0 Å². The van der Waals surface area contributed by atoms with Crippen molar-refractivity contribution in [3.8, 4) is 0 Å². The molecular weight excluding hydrogens is 465 g/mol. The number of rotatable bonds is 5. The Labute approximate surface area is 199 Å². The number of anilines is 3. The Morgan fingerprint density at radius 3 is 2.28 bits per heavy atom. The average molecular weight is 482 g/mol. The predicted molar refractivity (Wildman–Crippen MR) is 136 cm³/mol. The van der Waals surface area contributed by atoms with E-state index in [1.807, 2.05) is 42.5 Å². The van der Waals surface area contributed by atoms with Gasteiger partial charge in [-0.3, -0.25) is 20.6 Å². The van der Waals surface area contributed by atoms with Crippen LogP contribution in [0.5, 0.6) is 0 Å². The first-order valence-electron chi connectivity index (χ1n) is 9.54. The molecular formula is C23H17Cl2N5OS. The molecule has 3 aromatic carbocycles. The summed E-state index contributed by atoms with van der Waals surface area (Å²) in [4.78, 5) is 17.2. The minimum atomic E-state index is -0.417. The molecule has 0 radical (unpaired) electrons. The molecule has 0 unspecified atom stereocenters. The number of pyridine rings is 1. The Morgan fingerprint density at radius 1 is 0.812 bits per heavy atom. The molecule has 0 fully saturated rings. The summed E-state index contributed by atoms with van der Waals surface area (Å²) >= 11 is 17.7. The number of nitrogens with zero attached hydrogens (tertiary/aromatic N) is 1. The van der Waals surface area contributed by atoms with Gasteiger partial charge in [-0.05, 0) is 48.6 Å². The maximum atomic E-state index is 12.8. The topological polar surface area (TPSA) is 78.1 Å². The third-order valence-electron chi connectivity index (χ3n) is 4.55. The van der Waals surface area contributed by atoms with Gasteiger partial charge in [-0.1, -0.05) is 59.6 Å². The molecule has 32 heavy (non-hydrogen) atoms. The third-order valence-corrected chi connectivity index (χ3v) is 5.39. The third kappa shape index (κ3) is 4.91. The molecule has 4 aromatic rings. The van der Waals surface area contributed by atoms with Crippen LogP contribution in [0.2, 0.25) is 10.0 Å². The Kier molecular flexibility index (Phi) is 6.70. The molecule has 0 aliphatic rings. The van der Waals surface area contributed by atoms with Gasteiger partial charge in [0.15, 0.2) is 5.11 Å². The Balaban J connectivity index is 1.54. The number of para-hydroxylation sites is 2. The number of fused-ring (bicyclic) bond motifs is 1. The minimum absolute atomic E-state index is 0.209. The second-order valence-electron chi connectivity index (χ2n) is 6.68. The van der Waals surface area contributed by atoms with E-state index in [-0.39, 0.29) is 15.6 Å². The molecule has 0 atom stereocenters. The molecule has 0 spiro atoms. The second-order valence-corrected chi connectivity index (χ2v) is 7.90. The van der Waals surface area contributed by atoms with Gasteiger partial charge in [0.25, 0.3) is 5.91 Å². The summed E-state index contributed by atoms with van der Waals surface area (Å²) in [7, 11) is 0. The second kappa shape index (κ2) is 9.82. The number of halogens is 2. The van der Waals surface area contributed by atoms with Gasteiger partial charge in [0.1, 0.15) is 0 Å². The fraction of sp³-hybridized carbons (Fsp3) is 0. The van der Waals surface area contributed by atoms with Gasteiger partial charge < -0.3 is 10.6 Å². The van der Waals surface area contributed by atoms with Crippen LogP contribution in [0.1, 0.15) is 10.4 Å². The Bertz CT molecular complexity index is 1280. The van der Waals surface area contributed by atoms with Gasteiger partial charge in [-0.2, -0.15) is 0 Å². The van der Waals surface area contributed by atoms with Gasteiger partial charge in [0.05, 0.1) is 32.5 Å². The Hall–Kier alpha value is -3.39. The van der Waals surface area contributed by atoms with E-state index in [9.17, 15) is 4.79 Å². The van der Waals surface area contributed by atoms with Gasteiger partial charge >= 0.3 is 0 Å². The van der Waals surface area contributed by atoms with E-state index in [0.29, 0.717) is 16.3 Å². The highest BCUT2D eigenvalue weighted by Gasteiger charge is 2.16. The van der Waals surface area contributed by atoms with Gasteiger partial charge in [0.2, 0.25) is 0 Å². The van der Waals surface area contributed by atoms with Crippen molar-refractivity contribution < 1.29 is 4.79 Å². The Morgan fingerprint density at radius 2 is 1.53 bits per heavy atom. The van der Waals surface area contributed by atoms with Crippen LogP contribution in [0.15, 0.2) is 79.0 Å². The summed E-state index contributed by atoms with van der Waals surface area (Å²) < 4.78 is 0. The zero-order valence-corrected chi connectivity index (χ0v) is 18.9. The van der Waals surface area contributed by atoms with Crippen LogP contribution in [-0.4, -0.2) is 16.0 Å². The van der Waals surface area contributed by atoms with Crippen molar-refractivity contribution in [2.24, 2.45) is 0 Å². The van der Waals surface area contributed by atoms with Crippen molar-refractivity contribution in [1.29, 1.82) is 0 Å². The molecule has 4 rings (SSSR count).